The van der Waals surface area contributed by atoms with Crippen molar-refractivity contribution >= 4 is 34.7 Å². The maximum atomic E-state index is 13.0. The Balaban J connectivity index is 2.18. The molecule has 0 radical (unpaired) electrons. The number of nitro groups is 1. The third-order valence-corrected chi connectivity index (χ3v) is 5.39. The number of halogens is 1. The molecule has 2 aromatic carbocycles. The number of aliphatic hydroxyl groups excluding tert-OH is 1. The lowest BCUT2D eigenvalue weighted by Gasteiger charge is -2.26. The van der Waals surface area contributed by atoms with Gasteiger partial charge in [-0.25, -0.2) is 0 Å². The van der Waals surface area contributed by atoms with E-state index >= 15 is 0 Å². The van der Waals surface area contributed by atoms with Crippen molar-refractivity contribution in [1.29, 1.82) is 0 Å². The van der Waals surface area contributed by atoms with Crippen molar-refractivity contribution in [3.05, 3.63) is 74.3 Å². The van der Waals surface area contributed by atoms with Crippen LogP contribution in [0, 0.1) is 10.1 Å². The van der Waals surface area contributed by atoms with Gasteiger partial charge in [-0.2, -0.15) is 0 Å². The largest absolute Gasteiger partial charge is 0.507 e. The highest BCUT2D eigenvalue weighted by Gasteiger charge is 2.46. The lowest BCUT2D eigenvalue weighted by atomic mass is 9.94. The summed E-state index contributed by atoms with van der Waals surface area (Å²) >= 11 is 5.98. The summed E-state index contributed by atoms with van der Waals surface area (Å²) in [5.41, 5.74) is -0.296. The molecule has 9 nitrogen and oxygen atoms in total. The fraction of sp³-hybridized carbons (Fsp3) is 0.273. The van der Waals surface area contributed by atoms with E-state index in [0.29, 0.717) is 18.5 Å². The number of ketones is 1. The molecule has 0 saturated carbocycles. The first-order valence-corrected chi connectivity index (χ1v) is 10.2. The van der Waals surface area contributed by atoms with E-state index in [1.807, 2.05) is 19.0 Å². The molecule has 1 atom stereocenters. The molecule has 32 heavy (non-hydrogen) atoms. The molecule has 1 saturated heterocycles. The zero-order valence-corrected chi connectivity index (χ0v) is 18.2. The minimum atomic E-state index is -1.06. The van der Waals surface area contributed by atoms with Gasteiger partial charge in [0, 0.05) is 23.7 Å². The zero-order valence-electron chi connectivity index (χ0n) is 17.5. The van der Waals surface area contributed by atoms with Crippen LogP contribution in [0.25, 0.3) is 5.76 Å². The number of non-ortho nitro benzene ring substituents is 1. The number of aromatic hydroxyl groups is 1. The van der Waals surface area contributed by atoms with E-state index in [2.05, 4.69) is 0 Å². The molecule has 0 bridgehead atoms. The number of likely N-dealkylation sites (tertiary alicyclic amines) is 1. The lowest BCUT2D eigenvalue weighted by molar-refractivity contribution is -0.384. The van der Waals surface area contributed by atoms with Crippen LogP contribution >= 0.6 is 11.6 Å². The Hall–Kier alpha value is -3.43. The molecule has 1 aliphatic rings. The van der Waals surface area contributed by atoms with Crippen LogP contribution in [-0.2, 0) is 9.59 Å². The molecule has 10 heteroatoms. The normalized spacial score (nSPS) is 17.9. The molecule has 2 aromatic rings. The smallest absolute Gasteiger partial charge is 0.295 e. The Kier molecular flexibility index (Phi) is 6.81. The molecule has 1 aliphatic heterocycles. The minimum Gasteiger partial charge on any atom is -0.507 e. The van der Waals surface area contributed by atoms with Crippen molar-refractivity contribution in [2.24, 2.45) is 0 Å². The molecular weight excluding hydrogens is 438 g/mol. The molecule has 1 heterocycles. The summed E-state index contributed by atoms with van der Waals surface area (Å²) < 4.78 is 0. The zero-order chi connectivity index (χ0) is 23.6. The molecule has 1 amide bonds. The van der Waals surface area contributed by atoms with Gasteiger partial charge in [0.1, 0.15) is 11.5 Å². The van der Waals surface area contributed by atoms with Gasteiger partial charge in [0.05, 0.1) is 22.1 Å². The molecule has 0 spiro atoms. The van der Waals surface area contributed by atoms with E-state index < -0.39 is 28.4 Å². The van der Waals surface area contributed by atoms with Gasteiger partial charge in [0.15, 0.2) is 0 Å². The Morgan fingerprint density at radius 3 is 2.59 bits per heavy atom. The molecule has 168 valence electrons. The summed E-state index contributed by atoms with van der Waals surface area (Å²) in [6.07, 6.45) is 0.536. The number of benzene rings is 2. The third-order valence-electron chi connectivity index (χ3n) is 5.15. The molecule has 1 fully saturated rings. The predicted octanol–water partition coefficient (Wildman–Crippen LogP) is 3.33. The molecule has 2 N–H and O–H groups in total. The number of nitrogens with zero attached hydrogens (tertiary/aromatic N) is 3. The molecule has 3 rings (SSSR count). The third kappa shape index (κ3) is 4.58. The topological polar surface area (TPSA) is 124 Å². The van der Waals surface area contributed by atoms with Gasteiger partial charge < -0.3 is 20.0 Å². The number of rotatable bonds is 7. The van der Waals surface area contributed by atoms with Crippen LogP contribution < -0.4 is 0 Å². The molecule has 0 unspecified atom stereocenters. The molecule has 0 aromatic heterocycles. The van der Waals surface area contributed by atoms with E-state index in [0.717, 1.165) is 0 Å². The van der Waals surface area contributed by atoms with Crippen LogP contribution in [0.4, 0.5) is 5.69 Å². The van der Waals surface area contributed by atoms with Crippen molar-refractivity contribution in [2.75, 3.05) is 27.2 Å². The first kappa shape index (κ1) is 23.2. The second-order valence-corrected chi connectivity index (χ2v) is 8.10. The second kappa shape index (κ2) is 9.37. The van der Waals surface area contributed by atoms with Crippen molar-refractivity contribution in [2.45, 2.75) is 12.5 Å². The highest BCUT2D eigenvalue weighted by Crippen LogP contribution is 2.41. The maximum Gasteiger partial charge on any atom is 0.295 e. The Morgan fingerprint density at radius 1 is 1.22 bits per heavy atom. The number of carbonyl (C=O) groups is 2. The first-order chi connectivity index (χ1) is 15.1. The number of carbonyl (C=O) groups excluding carboxylic acids is 2. The van der Waals surface area contributed by atoms with Crippen molar-refractivity contribution < 1.29 is 24.7 Å². The van der Waals surface area contributed by atoms with Gasteiger partial charge in [0.2, 0.25) is 0 Å². The summed E-state index contributed by atoms with van der Waals surface area (Å²) in [5.74, 6) is -2.70. The quantitative estimate of drug-likeness (QED) is 0.214. The van der Waals surface area contributed by atoms with Crippen molar-refractivity contribution in [1.82, 2.24) is 9.80 Å². The van der Waals surface area contributed by atoms with Gasteiger partial charge >= 0.3 is 0 Å². The second-order valence-electron chi connectivity index (χ2n) is 7.66. The fourth-order valence-corrected chi connectivity index (χ4v) is 3.84. The standard InChI is InChI=1S/C22H22ClN3O6/c1-24(2)9-4-10-25-19(13-5-3-6-15(11-13)26(31)32)18(21(29)22(25)30)20(28)16-12-14(23)7-8-17(16)27/h3,5-8,11-12,19,27-28H,4,9-10H2,1-2H3/t19-/m0/s1. The summed E-state index contributed by atoms with van der Waals surface area (Å²) in [5, 5.41) is 32.7. The maximum absolute atomic E-state index is 13.0. The van der Waals surface area contributed by atoms with E-state index in [1.54, 1.807) is 6.07 Å². The van der Waals surface area contributed by atoms with Crippen LogP contribution in [0.1, 0.15) is 23.6 Å². The van der Waals surface area contributed by atoms with Gasteiger partial charge in [-0.15, -0.1) is 0 Å². The van der Waals surface area contributed by atoms with Crippen LogP contribution in [-0.4, -0.2) is 63.8 Å². The van der Waals surface area contributed by atoms with Gasteiger partial charge in [-0.05, 0) is 50.8 Å². The summed E-state index contributed by atoms with van der Waals surface area (Å²) in [6, 6.07) is 8.44. The fourth-order valence-electron chi connectivity index (χ4n) is 3.67. The monoisotopic (exact) mass is 459 g/mol. The Bertz CT molecular complexity index is 1110. The van der Waals surface area contributed by atoms with E-state index in [4.69, 9.17) is 11.6 Å². The number of hydrogen-bond acceptors (Lipinski definition) is 7. The SMILES string of the molecule is CN(C)CCCN1C(=O)C(=O)C(=C(O)c2cc(Cl)ccc2O)[C@@H]1c1cccc([N+](=O)[O-])c1. The first-order valence-electron chi connectivity index (χ1n) is 9.78. The highest BCUT2D eigenvalue weighted by molar-refractivity contribution is 6.46. The Morgan fingerprint density at radius 2 is 1.94 bits per heavy atom. The number of hydrogen-bond donors (Lipinski definition) is 2. The Labute approximate surface area is 189 Å². The number of nitro benzene ring substituents is 1. The van der Waals surface area contributed by atoms with Crippen molar-refractivity contribution in [3.63, 3.8) is 0 Å². The summed E-state index contributed by atoms with van der Waals surface area (Å²) in [7, 11) is 3.74. The number of phenols is 1. The van der Waals surface area contributed by atoms with E-state index in [1.165, 1.54) is 41.3 Å². The number of phenolic OH excluding ortho intramolecular Hbond substituents is 1. The average Bonchev–Trinajstić information content (AvgIpc) is 2.99. The number of amides is 1. The summed E-state index contributed by atoms with van der Waals surface area (Å²) in [6.45, 7) is 0.828. The van der Waals surface area contributed by atoms with Crippen LogP contribution in [0.15, 0.2) is 48.0 Å². The predicted molar refractivity (Wildman–Crippen MR) is 118 cm³/mol. The number of Topliss-reactive ketones (excluding diaryl/α,β-unsaturated/α-hetero) is 1. The van der Waals surface area contributed by atoms with E-state index in [9.17, 15) is 29.9 Å². The lowest BCUT2D eigenvalue weighted by Crippen LogP contribution is -2.32. The van der Waals surface area contributed by atoms with Crippen LogP contribution in [0.5, 0.6) is 5.75 Å². The van der Waals surface area contributed by atoms with Gasteiger partial charge in [-0.1, -0.05) is 23.7 Å². The molecular formula is C22H22ClN3O6. The number of aliphatic hydroxyl groups is 1. The van der Waals surface area contributed by atoms with Gasteiger partial charge in [0.25, 0.3) is 17.4 Å². The van der Waals surface area contributed by atoms with E-state index in [-0.39, 0.29) is 34.1 Å². The molecule has 0 aliphatic carbocycles. The average molecular weight is 460 g/mol. The van der Waals surface area contributed by atoms with Crippen LogP contribution in [0.3, 0.4) is 0 Å². The minimum absolute atomic E-state index is 0.112. The highest BCUT2D eigenvalue weighted by atomic mass is 35.5. The van der Waals surface area contributed by atoms with Gasteiger partial charge in [-0.3, -0.25) is 19.7 Å². The summed E-state index contributed by atoms with van der Waals surface area (Å²) in [4.78, 5) is 39.8. The van der Waals surface area contributed by atoms with Crippen molar-refractivity contribution in [3.8, 4) is 5.75 Å². The van der Waals surface area contributed by atoms with Crippen LogP contribution in [0.2, 0.25) is 5.02 Å².